The van der Waals surface area contributed by atoms with E-state index in [1.54, 1.807) is 0 Å². The van der Waals surface area contributed by atoms with Crippen LogP contribution in [0.25, 0.3) is 98.4 Å². The Bertz CT molecular complexity index is 2700. The maximum absolute atomic E-state index is 2.39. The third kappa shape index (κ3) is 4.46. The largest absolute Gasteiger partial charge is 0.0622 e. The van der Waals surface area contributed by atoms with Crippen LogP contribution in [0.2, 0.25) is 0 Å². The lowest BCUT2D eigenvalue weighted by Crippen LogP contribution is -1.92. The number of hydrogen-bond donors (Lipinski definition) is 0. The van der Waals surface area contributed by atoms with Gasteiger partial charge in [-0.05, 0) is 111 Å². The minimum Gasteiger partial charge on any atom is -0.0622 e. The van der Waals surface area contributed by atoms with E-state index >= 15 is 0 Å². The lowest BCUT2D eigenvalue weighted by atomic mass is 9.84. The van der Waals surface area contributed by atoms with E-state index in [9.17, 15) is 0 Å². The zero-order valence-electron chi connectivity index (χ0n) is 27.5. The van der Waals surface area contributed by atoms with Gasteiger partial charge in [0.1, 0.15) is 0 Å². The fraction of sp³-hybridized carbons (Fsp3) is 0. The third-order valence-electron chi connectivity index (χ3n) is 10.4. The number of fused-ring (bicyclic) bond motifs is 7. The van der Waals surface area contributed by atoms with Crippen LogP contribution in [-0.2, 0) is 0 Å². The molecule has 0 bridgehead atoms. The van der Waals surface area contributed by atoms with Crippen molar-refractivity contribution in [3.05, 3.63) is 194 Å². The van der Waals surface area contributed by atoms with Gasteiger partial charge in [-0.3, -0.25) is 0 Å². The zero-order chi connectivity index (χ0) is 33.0. The number of hydrogen-bond acceptors (Lipinski definition) is 0. The van der Waals surface area contributed by atoms with E-state index in [2.05, 4.69) is 194 Å². The highest BCUT2D eigenvalue weighted by Crippen LogP contribution is 2.46. The monoisotopic (exact) mass is 632 g/mol. The molecule has 0 unspecified atom stereocenters. The van der Waals surface area contributed by atoms with Crippen LogP contribution >= 0.6 is 0 Å². The van der Waals surface area contributed by atoms with Gasteiger partial charge in [0.05, 0.1) is 0 Å². The first-order valence-corrected chi connectivity index (χ1v) is 17.4. The van der Waals surface area contributed by atoms with Gasteiger partial charge < -0.3 is 0 Å². The Morgan fingerprint density at radius 1 is 0.200 bits per heavy atom. The molecule has 0 radical (unpaired) electrons. The lowest BCUT2D eigenvalue weighted by molar-refractivity contribution is 1.64. The van der Waals surface area contributed by atoms with E-state index in [1.807, 2.05) is 0 Å². The number of rotatable bonds is 4. The van der Waals surface area contributed by atoms with Gasteiger partial charge in [-0.1, -0.05) is 182 Å². The van der Waals surface area contributed by atoms with Gasteiger partial charge in [-0.25, -0.2) is 0 Å². The fourth-order valence-electron chi connectivity index (χ4n) is 8.23. The molecule has 0 fully saturated rings. The van der Waals surface area contributed by atoms with E-state index < -0.39 is 0 Å². The maximum atomic E-state index is 2.39. The van der Waals surface area contributed by atoms with Crippen LogP contribution in [0.1, 0.15) is 0 Å². The van der Waals surface area contributed by atoms with Gasteiger partial charge in [-0.2, -0.15) is 0 Å². The first-order chi connectivity index (χ1) is 24.8. The predicted molar refractivity (Wildman–Crippen MR) is 216 cm³/mol. The summed E-state index contributed by atoms with van der Waals surface area (Å²) in [5.74, 6) is 0. The van der Waals surface area contributed by atoms with Gasteiger partial charge in [0, 0.05) is 0 Å². The number of benzene rings is 10. The maximum Gasteiger partial charge on any atom is -0.00206 e. The molecule has 0 heterocycles. The average Bonchev–Trinajstić information content (AvgIpc) is 3.20. The van der Waals surface area contributed by atoms with Crippen LogP contribution in [-0.4, -0.2) is 0 Å². The molecule has 0 aromatic heterocycles. The van der Waals surface area contributed by atoms with Crippen molar-refractivity contribution in [1.82, 2.24) is 0 Å². The summed E-state index contributed by atoms with van der Waals surface area (Å²) in [6.07, 6.45) is 0. The fourth-order valence-corrected chi connectivity index (χ4v) is 8.23. The molecular weight excluding hydrogens is 601 g/mol. The molecule has 10 aromatic carbocycles. The molecule has 0 spiro atoms. The summed E-state index contributed by atoms with van der Waals surface area (Å²) >= 11 is 0. The lowest BCUT2D eigenvalue weighted by Gasteiger charge is -2.19. The summed E-state index contributed by atoms with van der Waals surface area (Å²) in [5.41, 5.74) is 10.0. The van der Waals surface area contributed by atoms with E-state index in [0.717, 1.165) is 0 Å². The van der Waals surface area contributed by atoms with Crippen LogP contribution in [0, 0.1) is 0 Å². The smallest absolute Gasteiger partial charge is 0.00206 e. The van der Waals surface area contributed by atoms with Crippen molar-refractivity contribution in [2.75, 3.05) is 0 Å². The minimum atomic E-state index is 1.23. The van der Waals surface area contributed by atoms with Gasteiger partial charge in [-0.15, -0.1) is 0 Å². The van der Waals surface area contributed by atoms with Crippen molar-refractivity contribution in [3.63, 3.8) is 0 Å². The van der Waals surface area contributed by atoms with Crippen LogP contribution in [0.15, 0.2) is 194 Å². The molecule has 10 aromatic rings. The molecule has 0 aliphatic carbocycles. The summed E-state index contributed by atoms with van der Waals surface area (Å²) in [4.78, 5) is 0. The molecule has 0 nitrogen and oxygen atoms in total. The SMILES string of the molecule is c1ccc(-c2cccc3c(-c4ccc(-c5cc6ccccc6c6c(-c7ccccc7)cccc56)c5ccccc45)cc4ccccc4c23)cc1. The Morgan fingerprint density at radius 2 is 0.560 bits per heavy atom. The van der Waals surface area contributed by atoms with Gasteiger partial charge in [0.25, 0.3) is 0 Å². The van der Waals surface area contributed by atoms with E-state index in [-0.39, 0.29) is 0 Å². The molecule has 10 rings (SSSR count). The minimum absolute atomic E-state index is 1.23. The van der Waals surface area contributed by atoms with Gasteiger partial charge in [0.15, 0.2) is 0 Å². The summed E-state index contributed by atoms with van der Waals surface area (Å²) in [5, 5.41) is 12.7. The highest BCUT2D eigenvalue weighted by Gasteiger charge is 2.18. The van der Waals surface area contributed by atoms with Crippen molar-refractivity contribution in [3.8, 4) is 44.5 Å². The Kier molecular flexibility index (Phi) is 6.60. The molecular formula is C50H32. The summed E-state index contributed by atoms with van der Waals surface area (Å²) in [6, 6.07) is 71.3. The normalized spacial score (nSPS) is 11.6. The first kappa shape index (κ1) is 28.5. The van der Waals surface area contributed by atoms with Gasteiger partial charge in [0.2, 0.25) is 0 Å². The molecule has 232 valence electrons. The van der Waals surface area contributed by atoms with E-state index in [1.165, 1.54) is 98.4 Å². The predicted octanol–water partition coefficient (Wildman–Crippen LogP) is 14.1. The molecule has 0 saturated carbocycles. The Labute approximate surface area is 291 Å². The highest BCUT2D eigenvalue weighted by atomic mass is 14.2. The molecule has 0 atom stereocenters. The Morgan fingerprint density at radius 3 is 1.00 bits per heavy atom. The summed E-state index contributed by atoms with van der Waals surface area (Å²) < 4.78 is 0. The second kappa shape index (κ2) is 11.6. The van der Waals surface area contributed by atoms with Crippen molar-refractivity contribution in [2.24, 2.45) is 0 Å². The molecule has 0 saturated heterocycles. The van der Waals surface area contributed by atoms with Crippen molar-refractivity contribution >= 4 is 53.9 Å². The van der Waals surface area contributed by atoms with Crippen molar-refractivity contribution in [1.29, 1.82) is 0 Å². The molecule has 0 amide bonds. The van der Waals surface area contributed by atoms with Crippen LogP contribution in [0.3, 0.4) is 0 Å². The molecule has 0 heteroatoms. The molecule has 50 heavy (non-hydrogen) atoms. The molecule has 0 N–H and O–H groups in total. The van der Waals surface area contributed by atoms with Crippen LogP contribution in [0.4, 0.5) is 0 Å². The average molecular weight is 633 g/mol. The first-order valence-electron chi connectivity index (χ1n) is 17.4. The molecule has 0 aliphatic heterocycles. The van der Waals surface area contributed by atoms with Crippen molar-refractivity contribution < 1.29 is 0 Å². The van der Waals surface area contributed by atoms with Crippen LogP contribution < -0.4 is 0 Å². The quantitative estimate of drug-likeness (QED) is 0.169. The zero-order valence-corrected chi connectivity index (χ0v) is 27.5. The Balaban J connectivity index is 1.27. The Hall–Kier alpha value is -6.50. The second-order valence-corrected chi connectivity index (χ2v) is 13.2. The summed E-state index contributed by atoms with van der Waals surface area (Å²) in [7, 11) is 0. The standard InChI is InChI=1S/C50H32/c1-3-15-33(16-4-1)37-25-13-27-45-47(31-35-19-7-9-21-39(35)49(37)45)43-29-30-44(42-24-12-11-23-41(42)43)48-32-36-20-8-10-22-40(36)50-38(26-14-28-46(48)50)34-17-5-2-6-18-34/h1-32H. The van der Waals surface area contributed by atoms with Gasteiger partial charge >= 0.3 is 0 Å². The van der Waals surface area contributed by atoms with E-state index in [0.29, 0.717) is 0 Å². The summed E-state index contributed by atoms with van der Waals surface area (Å²) in [6.45, 7) is 0. The third-order valence-corrected chi connectivity index (χ3v) is 10.4. The highest BCUT2D eigenvalue weighted by molar-refractivity contribution is 6.23. The topological polar surface area (TPSA) is 0 Å². The van der Waals surface area contributed by atoms with Crippen molar-refractivity contribution in [2.45, 2.75) is 0 Å². The molecule has 0 aliphatic rings. The second-order valence-electron chi connectivity index (χ2n) is 13.2. The van der Waals surface area contributed by atoms with Crippen LogP contribution in [0.5, 0.6) is 0 Å². The van der Waals surface area contributed by atoms with E-state index in [4.69, 9.17) is 0 Å².